The Hall–Kier alpha value is -1.15. The van der Waals surface area contributed by atoms with Crippen LogP contribution in [0.5, 0.6) is 5.75 Å². The molecule has 6 nitrogen and oxygen atoms in total. The molecule has 0 atom stereocenters. The fourth-order valence-electron chi connectivity index (χ4n) is 1.08. The van der Waals surface area contributed by atoms with Crippen molar-refractivity contribution in [3.8, 4) is 5.75 Å². The molecule has 7 heteroatoms. The number of sulfonamides is 1. The van der Waals surface area contributed by atoms with E-state index >= 15 is 0 Å². The molecule has 0 radical (unpaired) electrons. The quantitative estimate of drug-likeness (QED) is 0.526. The molecule has 0 spiro atoms. The number of hydrogen-bond donors (Lipinski definition) is 1. The van der Waals surface area contributed by atoms with Crippen LogP contribution in [0.3, 0.4) is 0 Å². The average Bonchev–Trinajstić information content (AvgIpc) is 2.37. The van der Waals surface area contributed by atoms with Crippen LogP contribution >= 0.6 is 0 Å². The summed E-state index contributed by atoms with van der Waals surface area (Å²) in [6.45, 7) is 0.511. The third kappa shape index (κ3) is 6.55. The first kappa shape index (κ1) is 14.9. The summed E-state index contributed by atoms with van der Waals surface area (Å²) >= 11 is 0. The topological polar surface area (TPSA) is 73.9 Å². The second-order valence-electron chi connectivity index (χ2n) is 3.40. The molecule has 0 aliphatic rings. The predicted molar refractivity (Wildman–Crippen MR) is 66.7 cm³/mol. The Bertz CT molecular complexity index is 420. The first-order chi connectivity index (χ1) is 8.64. The lowest BCUT2D eigenvalue weighted by Crippen LogP contribution is -2.29. The molecule has 0 aliphatic carbocycles. The van der Waals surface area contributed by atoms with Crippen LogP contribution in [0.2, 0.25) is 0 Å². The summed E-state index contributed by atoms with van der Waals surface area (Å²) < 4.78 is 32.5. The van der Waals surface area contributed by atoms with Crippen molar-refractivity contribution in [3.63, 3.8) is 0 Å². The van der Waals surface area contributed by atoms with Gasteiger partial charge in [0.1, 0.15) is 19.0 Å². The lowest BCUT2D eigenvalue weighted by atomic mass is 10.3. The highest BCUT2D eigenvalue weighted by Crippen LogP contribution is 2.07. The molecule has 1 aromatic carbocycles. The van der Waals surface area contributed by atoms with E-state index in [9.17, 15) is 8.42 Å². The molecule has 18 heavy (non-hydrogen) atoms. The molecule has 1 N–H and O–H groups in total. The number of benzene rings is 1. The highest BCUT2D eigenvalue weighted by atomic mass is 32.2. The number of para-hydroxylation sites is 1. The minimum atomic E-state index is -3.44. The van der Waals surface area contributed by atoms with Crippen LogP contribution < -0.4 is 9.62 Å². The zero-order chi connectivity index (χ0) is 13.3. The highest BCUT2D eigenvalue weighted by Gasteiger charge is 2.09. The van der Waals surface area contributed by atoms with Gasteiger partial charge in [-0.1, -0.05) is 23.1 Å². The van der Waals surface area contributed by atoms with Crippen LogP contribution in [0.25, 0.3) is 0 Å². The summed E-state index contributed by atoms with van der Waals surface area (Å²) in [5.41, 5.74) is 0. The SMILES string of the molecule is COCCS(=O)(=O)NOCCOc1ccccc1. The van der Waals surface area contributed by atoms with Crippen LogP contribution in [-0.2, 0) is 19.6 Å². The van der Waals surface area contributed by atoms with Crippen molar-refractivity contribution in [2.24, 2.45) is 0 Å². The molecule has 1 rings (SSSR count). The van der Waals surface area contributed by atoms with Gasteiger partial charge in [0.25, 0.3) is 0 Å². The molecule has 0 aliphatic heterocycles. The largest absolute Gasteiger partial charge is 0.491 e. The van der Waals surface area contributed by atoms with Crippen molar-refractivity contribution in [3.05, 3.63) is 30.3 Å². The molecule has 0 bridgehead atoms. The van der Waals surface area contributed by atoms with E-state index in [-0.39, 0.29) is 25.6 Å². The average molecular weight is 275 g/mol. The molecular formula is C11H17NO5S. The van der Waals surface area contributed by atoms with E-state index in [2.05, 4.69) is 4.74 Å². The van der Waals surface area contributed by atoms with Crippen molar-refractivity contribution < 1.29 is 22.7 Å². The fraction of sp³-hybridized carbons (Fsp3) is 0.455. The predicted octanol–water partition coefficient (Wildman–Crippen LogP) is 0.563. The van der Waals surface area contributed by atoms with Crippen LogP contribution in [0, 0.1) is 0 Å². The third-order valence-corrected chi connectivity index (χ3v) is 3.02. The molecule has 0 fully saturated rings. The van der Waals surface area contributed by atoms with Crippen LogP contribution in [0.15, 0.2) is 30.3 Å². The molecule has 1 aromatic rings. The van der Waals surface area contributed by atoms with E-state index in [1.165, 1.54) is 7.11 Å². The molecule has 0 saturated carbocycles. The molecule has 102 valence electrons. The van der Waals surface area contributed by atoms with Crippen LogP contribution in [-0.4, -0.2) is 41.1 Å². The second kappa shape index (κ2) is 8.04. The van der Waals surface area contributed by atoms with Gasteiger partial charge < -0.3 is 9.47 Å². The zero-order valence-electron chi connectivity index (χ0n) is 10.2. The summed E-state index contributed by atoms with van der Waals surface area (Å²) in [4.78, 5) is 6.79. The number of hydrogen-bond acceptors (Lipinski definition) is 5. The molecular weight excluding hydrogens is 258 g/mol. The third-order valence-electron chi connectivity index (χ3n) is 1.94. The van der Waals surface area contributed by atoms with Gasteiger partial charge in [-0.25, -0.2) is 8.42 Å². The molecule has 0 saturated heterocycles. The maximum Gasteiger partial charge on any atom is 0.235 e. The monoisotopic (exact) mass is 275 g/mol. The first-order valence-electron chi connectivity index (χ1n) is 5.42. The van der Waals surface area contributed by atoms with Gasteiger partial charge >= 0.3 is 0 Å². The highest BCUT2D eigenvalue weighted by molar-refractivity contribution is 7.89. The first-order valence-corrected chi connectivity index (χ1v) is 7.07. The normalized spacial score (nSPS) is 11.4. The van der Waals surface area contributed by atoms with E-state index < -0.39 is 10.0 Å². The van der Waals surface area contributed by atoms with E-state index in [1.54, 1.807) is 0 Å². The van der Waals surface area contributed by atoms with Crippen molar-refractivity contribution in [1.29, 1.82) is 0 Å². The Morgan fingerprint density at radius 2 is 1.83 bits per heavy atom. The Morgan fingerprint density at radius 3 is 2.50 bits per heavy atom. The summed E-state index contributed by atoms with van der Waals surface area (Å²) in [6, 6.07) is 9.20. The number of methoxy groups -OCH3 is 1. The van der Waals surface area contributed by atoms with E-state index in [4.69, 9.17) is 9.57 Å². The van der Waals surface area contributed by atoms with Gasteiger partial charge in [-0.15, -0.1) is 0 Å². The van der Waals surface area contributed by atoms with Crippen LogP contribution in [0.1, 0.15) is 0 Å². The maximum absolute atomic E-state index is 11.3. The van der Waals surface area contributed by atoms with E-state index in [0.717, 1.165) is 0 Å². The van der Waals surface area contributed by atoms with Gasteiger partial charge in [0.2, 0.25) is 10.0 Å². The van der Waals surface area contributed by atoms with Crippen molar-refractivity contribution in [2.45, 2.75) is 0 Å². The smallest absolute Gasteiger partial charge is 0.235 e. The van der Waals surface area contributed by atoms with Crippen molar-refractivity contribution in [1.82, 2.24) is 4.89 Å². The van der Waals surface area contributed by atoms with Gasteiger partial charge in [0.05, 0.1) is 12.4 Å². The van der Waals surface area contributed by atoms with Gasteiger partial charge in [-0.3, -0.25) is 4.84 Å². The van der Waals surface area contributed by atoms with Crippen molar-refractivity contribution >= 4 is 10.0 Å². The molecule has 0 aromatic heterocycles. The van der Waals surface area contributed by atoms with Crippen LogP contribution in [0.4, 0.5) is 0 Å². The number of nitrogens with one attached hydrogen (secondary N) is 1. The minimum absolute atomic E-state index is 0.124. The summed E-state index contributed by atoms with van der Waals surface area (Å²) in [5, 5.41) is 0. The summed E-state index contributed by atoms with van der Waals surface area (Å²) in [6.07, 6.45) is 0. The Kier molecular flexibility index (Phi) is 6.66. The molecule has 0 heterocycles. The minimum Gasteiger partial charge on any atom is -0.491 e. The summed E-state index contributed by atoms with van der Waals surface area (Å²) in [7, 11) is -2.01. The van der Waals surface area contributed by atoms with Gasteiger partial charge in [0, 0.05) is 7.11 Å². The lowest BCUT2D eigenvalue weighted by Gasteiger charge is -2.08. The summed E-state index contributed by atoms with van der Waals surface area (Å²) in [5.74, 6) is 0.576. The number of rotatable bonds is 9. The standard InChI is InChI=1S/C11H17NO5S/c1-15-9-10-18(13,14)12-17-8-7-16-11-5-3-2-4-6-11/h2-6,12H,7-10H2,1H3. The zero-order valence-corrected chi connectivity index (χ0v) is 11.0. The van der Waals surface area contributed by atoms with Crippen molar-refractivity contribution in [2.75, 3.05) is 32.7 Å². The Labute approximate surface area is 107 Å². The Morgan fingerprint density at radius 1 is 1.11 bits per heavy atom. The second-order valence-corrected chi connectivity index (χ2v) is 5.21. The van der Waals surface area contributed by atoms with Gasteiger partial charge in [0.15, 0.2) is 0 Å². The van der Waals surface area contributed by atoms with E-state index in [0.29, 0.717) is 5.75 Å². The van der Waals surface area contributed by atoms with E-state index in [1.807, 2.05) is 35.2 Å². The number of ether oxygens (including phenoxy) is 2. The lowest BCUT2D eigenvalue weighted by molar-refractivity contribution is 0.0661. The fourth-order valence-corrected chi connectivity index (χ4v) is 1.82. The molecule has 0 amide bonds. The van der Waals surface area contributed by atoms with Gasteiger partial charge in [-0.05, 0) is 12.1 Å². The van der Waals surface area contributed by atoms with Gasteiger partial charge in [-0.2, -0.15) is 0 Å². The molecule has 0 unspecified atom stereocenters. The Balaban J connectivity index is 2.12. The maximum atomic E-state index is 11.3.